The molecule has 6 nitrogen and oxygen atoms in total. The van der Waals surface area contributed by atoms with Gasteiger partial charge in [-0.05, 0) is 18.6 Å². The molecule has 0 bridgehead atoms. The molecule has 0 saturated heterocycles. The first-order chi connectivity index (χ1) is 11.0. The third-order valence-electron chi connectivity index (χ3n) is 3.02. The van der Waals surface area contributed by atoms with Crippen LogP contribution in [0.4, 0.5) is 14.5 Å². The summed E-state index contributed by atoms with van der Waals surface area (Å²) in [6.07, 6.45) is 1.72. The topological polar surface area (TPSA) is 79.8 Å². The zero-order valence-electron chi connectivity index (χ0n) is 12.4. The average Bonchev–Trinajstić information content (AvgIpc) is 2.87. The SMILES string of the molecule is CCCCn1c(SCC(=O)Nc2c(F)cccc2F)n[nH]c1=O. The molecule has 0 unspecified atom stereocenters. The number of anilines is 1. The molecule has 23 heavy (non-hydrogen) atoms. The van der Waals surface area contributed by atoms with Gasteiger partial charge in [-0.15, -0.1) is 5.10 Å². The van der Waals surface area contributed by atoms with Crippen molar-refractivity contribution in [3.8, 4) is 0 Å². The van der Waals surface area contributed by atoms with Crippen LogP contribution in [-0.4, -0.2) is 26.4 Å². The number of nitrogens with one attached hydrogen (secondary N) is 2. The Balaban J connectivity index is 1.99. The smallest absolute Gasteiger partial charge is 0.320 e. The molecule has 0 spiro atoms. The van der Waals surface area contributed by atoms with E-state index in [4.69, 9.17) is 0 Å². The van der Waals surface area contributed by atoms with Gasteiger partial charge in [0.15, 0.2) is 5.16 Å². The first-order valence-electron chi connectivity index (χ1n) is 7.04. The number of amides is 1. The quantitative estimate of drug-likeness (QED) is 0.757. The van der Waals surface area contributed by atoms with Gasteiger partial charge in [-0.2, -0.15) is 0 Å². The molecule has 0 aliphatic rings. The summed E-state index contributed by atoms with van der Waals surface area (Å²) in [5, 5.41) is 8.72. The largest absolute Gasteiger partial charge is 0.343 e. The fourth-order valence-electron chi connectivity index (χ4n) is 1.85. The van der Waals surface area contributed by atoms with Crippen molar-refractivity contribution in [3.05, 3.63) is 40.3 Å². The van der Waals surface area contributed by atoms with E-state index in [1.54, 1.807) is 0 Å². The third kappa shape index (κ3) is 4.41. The van der Waals surface area contributed by atoms with Gasteiger partial charge in [0.2, 0.25) is 5.91 Å². The summed E-state index contributed by atoms with van der Waals surface area (Å²) in [5.74, 6) is -2.40. The lowest BCUT2D eigenvalue weighted by molar-refractivity contribution is -0.113. The Labute approximate surface area is 135 Å². The monoisotopic (exact) mass is 342 g/mol. The Morgan fingerprint density at radius 3 is 2.74 bits per heavy atom. The number of aromatic nitrogens is 3. The van der Waals surface area contributed by atoms with E-state index >= 15 is 0 Å². The number of nitrogens with zero attached hydrogens (tertiary/aromatic N) is 2. The Hall–Kier alpha value is -2.16. The van der Waals surface area contributed by atoms with Gasteiger partial charge in [0.25, 0.3) is 0 Å². The van der Waals surface area contributed by atoms with Crippen LogP contribution in [0.15, 0.2) is 28.2 Å². The van der Waals surface area contributed by atoms with Crippen molar-refractivity contribution in [1.82, 2.24) is 14.8 Å². The van der Waals surface area contributed by atoms with Gasteiger partial charge in [0.1, 0.15) is 17.3 Å². The Morgan fingerprint density at radius 1 is 1.39 bits per heavy atom. The van der Waals surface area contributed by atoms with E-state index in [0.717, 1.165) is 36.7 Å². The fraction of sp³-hybridized carbons (Fsp3) is 0.357. The summed E-state index contributed by atoms with van der Waals surface area (Å²) in [7, 11) is 0. The van der Waals surface area contributed by atoms with Crippen LogP contribution in [0.2, 0.25) is 0 Å². The molecule has 124 valence electrons. The molecule has 0 saturated carbocycles. The Kier molecular flexibility index (Phi) is 5.91. The summed E-state index contributed by atoms with van der Waals surface area (Å²) >= 11 is 1.02. The molecular formula is C14H16F2N4O2S. The van der Waals surface area contributed by atoms with E-state index in [-0.39, 0.29) is 11.4 Å². The van der Waals surface area contributed by atoms with Gasteiger partial charge in [-0.1, -0.05) is 31.2 Å². The number of aromatic amines is 1. The van der Waals surface area contributed by atoms with Crippen LogP contribution in [0, 0.1) is 11.6 Å². The van der Waals surface area contributed by atoms with Crippen LogP contribution >= 0.6 is 11.8 Å². The molecule has 9 heteroatoms. The van der Waals surface area contributed by atoms with Crippen molar-refractivity contribution >= 4 is 23.4 Å². The molecule has 1 amide bonds. The molecule has 2 N–H and O–H groups in total. The number of para-hydroxylation sites is 1. The van der Waals surface area contributed by atoms with Gasteiger partial charge >= 0.3 is 5.69 Å². The highest BCUT2D eigenvalue weighted by molar-refractivity contribution is 7.99. The average molecular weight is 342 g/mol. The maximum absolute atomic E-state index is 13.5. The highest BCUT2D eigenvalue weighted by atomic mass is 32.2. The number of hydrogen-bond donors (Lipinski definition) is 2. The van der Waals surface area contributed by atoms with Crippen LogP contribution in [0.25, 0.3) is 0 Å². The zero-order valence-corrected chi connectivity index (χ0v) is 13.3. The van der Waals surface area contributed by atoms with Crippen LogP contribution in [-0.2, 0) is 11.3 Å². The fourth-order valence-corrected chi connectivity index (χ4v) is 2.62. The molecule has 1 aromatic heterocycles. The van der Waals surface area contributed by atoms with Gasteiger partial charge in [0.05, 0.1) is 5.75 Å². The summed E-state index contributed by atoms with van der Waals surface area (Å²) in [5.41, 5.74) is -0.829. The molecule has 2 rings (SSSR count). The van der Waals surface area contributed by atoms with Crippen molar-refractivity contribution < 1.29 is 13.6 Å². The summed E-state index contributed by atoms with van der Waals surface area (Å²) in [6, 6.07) is 3.33. The van der Waals surface area contributed by atoms with E-state index in [1.165, 1.54) is 10.6 Å². The van der Waals surface area contributed by atoms with E-state index in [9.17, 15) is 18.4 Å². The number of benzene rings is 1. The lowest BCUT2D eigenvalue weighted by Gasteiger charge is -2.07. The van der Waals surface area contributed by atoms with Crippen LogP contribution in [0.5, 0.6) is 0 Å². The summed E-state index contributed by atoms with van der Waals surface area (Å²) in [4.78, 5) is 23.4. The molecule has 0 aliphatic carbocycles. The second-order valence-electron chi connectivity index (χ2n) is 4.75. The van der Waals surface area contributed by atoms with Gasteiger partial charge in [-0.3, -0.25) is 9.36 Å². The predicted octanol–water partition coefficient (Wildman–Crippen LogP) is 2.38. The summed E-state index contributed by atoms with van der Waals surface area (Å²) < 4.78 is 28.3. The van der Waals surface area contributed by atoms with Crippen molar-refractivity contribution in [2.75, 3.05) is 11.1 Å². The van der Waals surface area contributed by atoms with Crippen molar-refractivity contribution in [2.45, 2.75) is 31.5 Å². The molecule has 1 heterocycles. The molecule has 2 aromatic rings. The van der Waals surface area contributed by atoms with E-state index < -0.39 is 23.2 Å². The first-order valence-corrected chi connectivity index (χ1v) is 8.03. The second kappa shape index (κ2) is 7.91. The van der Waals surface area contributed by atoms with Crippen LogP contribution < -0.4 is 11.0 Å². The molecule has 1 aromatic carbocycles. The van der Waals surface area contributed by atoms with Crippen LogP contribution in [0.3, 0.4) is 0 Å². The van der Waals surface area contributed by atoms with E-state index in [2.05, 4.69) is 15.5 Å². The second-order valence-corrected chi connectivity index (χ2v) is 5.69. The number of H-pyrrole nitrogens is 1. The van der Waals surface area contributed by atoms with Crippen LogP contribution in [0.1, 0.15) is 19.8 Å². The Morgan fingerprint density at radius 2 is 2.09 bits per heavy atom. The minimum atomic E-state index is -0.844. The molecular weight excluding hydrogens is 326 g/mol. The standard InChI is InChI=1S/C14H16F2N4O2S/c1-2-3-7-20-13(22)18-19-14(20)23-8-11(21)17-12-9(15)5-4-6-10(12)16/h4-6H,2-3,7-8H2,1H3,(H,17,21)(H,18,22). The molecule has 0 radical (unpaired) electrons. The molecule has 0 atom stereocenters. The normalized spacial score (nSPS) is 10.7. The van der Waals surface area contributed by atoms with Gasteiger partial charge in [0, 0.05) is 6.54 Å². The van der Waals surface area contributed by atoms with Crippen molar-refractivity contribution in [1.29, 1.82) is 0 Å². The number of carbonyl (C=O) groups excluding carboxylic acids is 1. The Bertz CT molecular complexity index is 724. The number of hydrogen-bond acceptors (Lipinski definition) is 4. The number of halogens is 2. The highest BCUT2D eigenvalue weighted by Gasteiger charge is 2.14. The van der Waals surface area contributed by atoms with Crippen molar-refractivity contribution in [3.63, 3.8) is 0 Å². The molecule has 0 fully saturated rings. The molecule has 0 aliphatic heterocycles. The highest BCUT2D eigenvalue weighted by Crippen LogP contribution is 2.19. The van der Waals surface area contributed by atoms with Crippen molar-refractivity contribution in [2.24, 2.45) is 0 Å². The lowest BCUT2D eigenvalue weighted by Crippen LogP contribution is -2.19. The number of unbranched alkanes of at least 4 members (excludes halogenated alkanes) is 1. The minimum Gasteiger partial charge on any atom is -0.320 e. The predicted molar refractivity (Wildman–Crippen MR) is 83.5 cm³/mol. The van der Waals surface area contributed by atoms with E-state index in [1.807, 2.05) is 6.92 Å². The summed E-state index contributed by atoms with van der Waals surface area (Å²) in [6.45, 7) is 2.49. The minimum absolute atomic E-state index is 0.121. The number of carbonyl (C=O) groups is 1. The maximum Gasteiger partial charge on any atom is 0.343 e. The zero-order chi connectivity index (χ0) is 16.8. The van der Waals surface area contributed by atoms with Gasteiger partial charge < -0.3 is 5.32 Å². The van der Waals surface area contributed by atoms with Gasteiger partial charge in [-0.25, -0.2) is 18.7 Å². The third-order valence-corrected chi connectivity index (χ3v) is 3.99. The lowest BCUT2D eigenvalue weighted by atomic mass is 10.3. The maximum atomic E-state index is 13.5. The van der Waals surface area contributed by atoms with E-state index in [0.29, 0.717) is 11.7 Å². The first kappa shape index (κ1) is 17.2. The number of rotatable bonds is 7. The number of thioether (sulfide) groups is 1.